The number of rotatable bonds is 1. The first-order valence-corrected chi connectivity index (χ1v) is 5.22. The Morgan fingerprint density at radius 3 is 2.67 bits per heavy atom. The van der Waals surface area contributed by atoms with Crippen LogP contribution in [0.25, 0.3) is 0 Å². The molecular weight excluding hydrogens is 198 g/mol. The van der Waals surface area contributed by atoms with Crippen LogP contribution in [0.3, 0.4) is 0 Å². The van der Waals surface area contributed by atoms with Gasteiger partial charge >= 0.3 is 0 Å². The van der Waals surface area contributed by atoms with Gasteiger partial charge in [-0.05, 0) is 31.2 Å². The lowest BCUT2D eigenvalue weighted by Gasteiger charge is -2.28. The first-order valence-electron chi connectivity index (χ1n) is 5.22. The summed E-state index contributed by atoms with van der Waals surface area (Å²) in [4.78, 5) is 0. The lowest BCUT2D eigenvalue weighted by Crippen LogP contribution is -2.29. The van der Waals surface area contributed by atoms with Crippen molar-refractivity contribution < 1.29 is 13.9 Å². The lowest BCUT2D eigenvalue weighted by molar-refractivity contribution is 0.00112. The molecule has 3 heteroatoms. The molecule has 1 saturated carbocycles. The number of aliphatic hydroxyl groups is 1. The first kappa shape index (κ1) is 10.6. The number of halogens is 2. The molecule has 15 heavy (non-hydrogen) atoms. The molecule has 1 nitrogen and oxygen atoms in total. The van der Waals surface area contributed by atoms with E-state index in [2.05, 4.69) is 0 Å². The second-order valence-corrected chi connectivity index (χ2v) is 4.34. The lowest BCUT2D eigenvalue weighted by atomic mass is 9.85. The first-order chi connectivity index (χ1) is 7.04. The van der Waals surface area contributed by atoms with Crippen LogP contribution in [0, 0.1) is 17.6 Å². The highest BCUT2D eigenvalue weighted by atomic mass is 19.1. The van der Waals surface area contributed by atoms with E-state index in [4.69, 9.17) is 0 Å². The Morgan fingerprint density at radius 2 is 2.13 bits per heavy atom. The van der Waals surface area contributed by atoms with Gasteiger partial charge in [-0.2, -0.15) is 0 Å². The summed E-state index contributed by atoms with van der Waals surface area (Å²) in [6.45, 7) is 1.90. The fourth-order valence-electron chi connectivity index (χ4n) is 2.40. The quantitative estimate of drug-likeness (QED) is 0.758. The monoisotopic (exact) mass is 212 g/mol. The third kappa shape index (κ3) is 1.65. The topological polar surface area (TPSA) is 20.2 Å². The average Bonchev–Trinajstić information content (AvgIpc) is 2.47. The van der Waals surface area contributed by atoms with Crippen LogP contribution in [-0.4, -0.2) is 5.11 Å². The molecule has 0 bridgehead atoms. The maximum Gasteiger partial charge on any atom is 0.132 e. The molecule has 82 valence electrons. The van der Waals surface area contributed by atoms with Crippen LogP contribution in [0.15, 0.2) is 18.2 Å². The Morgan fingerprint density at radius 1 is 1.40 bits per heavy atom. The Kier molecular flexibility index (Phi) is 2.51. The van der Waals surface area contributed by atoms with Crippen LogP contribution >= 0.6 is 0 Å². The highest BCUT2D eigenvalue weighted by Crippen LogP contribution is 2.44. The molecule has 0 radical (unpaired) electrons. The minimum atomic E-state index is -1.11. The molecule has 0 heterocycles. The number of benzene rings is 1. The predicted octanol–water partition coefficient (Wildman–Crippen LogP) is 2.97. The van der Waals surface area contributed by atoms with Crippen molar-refractivity contribution in [1.29, 1.82) is 0 Å². The third-order valence-electron chi connectivity index (χ3n) is 3.41. The van der Waals surface area contributed by atoms with Crippen molar-refractivity contribution in [2.75, 3.05) is 0 Å². The molecule has 1 fully saturated rings. The molecule has 2 unspecified atom stereocenters. The van der Waals surface area contributed by atoms with E-state index in [9.17, 15) is 13.9 Å². The SMILES string of the molecule is CC1CCCC1(O)c1ccc(F)cc1F. The number of hydrogen-bond donors (Lipinski definition) is 1. The minimum Gasteiger partial charge on any atom is -0.385 e. The molecule has 0 amide bonds. The smallest absolute Gasteiger partial charge is 0.132 e. The summed E-state index contributed by atoms with van der Waals surface area (Å²) in [5, 5.41) is 10.3. The normalized spacial score (nSPS) is 30.8. The summed E-state index contributed by atoms with van der Waals surface area (Å²) in [6.07, 6.45) is 2.32. The molecule has 1 aliphatic carbocycles. The van der Waals surface area contributed by atoms with Gasteiger partial charge < -0.3 is 5.11 Å². The molecule has 1 aromatic rings. The zero-order valence-corrected chi connectivity index (χ0v) is 8.63. The van der Waals surface area contributed by atoms with Gasteiger partial charge in [0.2, 0.25) is 0 Å². The molecule has 1 N–H and O–H groups in total. The van der Waals surface area contributed by atoms with Gasteiger partial charge in [-0.15, -0.1) is 0 Å². The maximum atomic E-state index is 13.5. The van der Waals surface area contributed by atoms with E-state index in [1.54, 1.807) is 0 Å². The van der Waals surface area contributed by atoms with E-state index in [0.29, 0.717) is 6.42 Å². The van der Waals surface area contributed by atoms with Crippen molar-refractivity contribution in [3.8, 4) is 0 Å². The fraction of sp³-hybridized carbons (Fsp3) is 0.500. The van der Waals surface area contributed by atoms with E-state index in [-0.39, 0.29) is 11.5 Å². The molecule has 0 aliphatic heterocycles. The van der Waals surface area contributed by atoms with Crippen LogP contribution in [0.1, 0.15) is 31.7 Å². The van der Waals surface area contributed by atoms with E-state index >= 15 is 0 Å². The van der Waals surface area contributed by atoms with Crippen molar-refractivity contribution >= 4 is 0 Å². The van der Waals surface area contributed by atoms with Crippen LogP contribution in [0.2, 0.25) is 0 Å². The summed E-state index contributed by atoms with van der Waals surface area (Å²) in [6, 6.07) is 3.38. The molecule has 1 aromatic carbocycles. The number of hydrogen-bond acceptors (Lipinski definition) is 1. The van der Waals surface area contributed by atoms with Gasteiger partial charge in [0.25, 0.3) is 0 Å². The van der Waals surface area contributed by atoms with Gasteiger partial charge in [0.15, 0.2) is 0 Å². The van der Waals surface area contributed by atoms with E-state index in [1.807, 2.05) is 6.92 Å². The molecule has 0 aromatic heterocycles. The van der Waals surface area contributed by atoms with Gasteiger partial charge in [-0.3, -0.25) is 0 Å². The highest BCUT2D eigenvalue weighted by Gasteiger charge is 2.41. The van der Waals surface area contributed by atoms with Crippen LogP contribution in [0.4, 0.5) is 8.78 Å². The molecule has 0 spiro atoms. The summed E-state index contributed by atoms with van der Waals surface area (Å²) in [5.74, 6) is -1.23. The molecule has 0 saturated heterocycles. The molecular formula is C12H14F2O. The van der Waals surface area contributed by atoms with Crippen LogP contribution in [0.5, 0.6) is 0 Å². The Labute approximate surface area is 87.7 Å². The predicted molar refractivity (Wildman–Crippen MR) is 53.3 cm³/mol. The van der Waals surface area contributed by atoms with Gasteiger partial charge in [-0.1, -0.05) is 13.0 Å². The van der Waals surface area contributed by atoms with Gasteiger partial charge in [0, 0.05) is 11.6 Å². The van der Waals surface area contributed by atoms with Crippen LogP contribution < -0.4 is 0 Å². The van der Waals surface area contributed by atoms with Gasteiger partial charge in [-0.25, -0.2) is 8.78 Å². The summed E-state index contributed by atoms with van der Waals surface area (Å²) in [5.41, 5.74) is -0.883. The van der Waals surface area contributed by atoms with Crippen molar-refractivity contribution in [2.24, 2.45) is 5.92 Å². The van der Waals surface area contributed by atoms with E-state index in [0.717, 1.165) is 18.9 Å². The van der Waals surface area contributed by atoms with Crippen molar-refractivity contribution in [1.82, 2.24) is 0 Å². The summed E-state index contributed by atoms with van der Waals surface area (Å²) >= 11 is 0. The second-order valence-electron chi connectivity index (χ2n) is 4.34. The Bertz CT molecular complexity index is 378. The van der Waals surface area contributed by atoms with Gasteiger partial charge in [0.1, 0.15) is 11.6 Å². The van der Waals surface area contributed by atoms with Gasteiger partial charge in [0.05, 0.1) is 5.60 Å². The molecule has 2 rings (SSSR count). The Balaban J connectivity index is 2.44. The fourth-order valence-corrected chi connectivity index (χ4v) is 2.40. The molecule has 2 atom stereocenters. The van der Waals surface area contributed by atoms with E-state index in [1.165, 1.54) is 12.1 Å². The van der Waals surface area contributed by atoms with Crippen LogP contribution in [-0.2, 0) is 5.60 Å². The zero-order valence-electron chi connectivity index (χ0n) is 8.63. The van der Waals surface area contributed by atoms with Crippen molar-refractivity contribution in [3.05, 3.63) is 35.4 Å². The molecule has 1 aliphatic rings. The van der Waals surface area contributed by atoms with E-state index < -0.39 is 17.2 Å². The zero-order chi connectivity index (χ0) is 11.1. The summed E-state index contributed by atoms with van der Waals surface area (Å²) in [7, 11) is 0. The largest absolute Gasteiger partial charge is 0.385 e. The third-order valence-corrected chi connectivity index (χ3v) is 3.41. The average molecular weight is 212 g/mol. The minimum absolute atomic E-state index is 0.0254. The second kappa shape index (κ2) is 3.56. The summed E-state index contributed by atoms with van der Waals surface area (Å²) < 4.78 is 26.3. The highest BCUT2D eigenvalue weighted by molar-refractivity contribution is 5.26. The Hall–Kier alpha value is -0.960. The standard InChI is InChI=1S/C12H14F2O/c1-8-3-2-6-12(8,15)10-5-4-9(13)7-11(10)14/h4-5,7-8,15H,2-3,6H2,1H3. The van der Waals surface area contributed by atoms with Crippen molar-refractivity contribution in [2.45, 2.75) is 31.8 Å². The van der Waals surface area contributed by atoms with Crippen molar-refractivity contribution in [3.63, 3.8) is 0 Å². The maximum absolute atomic E-state index is 13.5.